The molecular weight excluding hydrogens is 396 g/mol. The first-order valence-corrected chi connectivity index (χ1v) is 10.9. The minimum Gasteiger partial charge on any atom is -0.491 e. The van der Waals surface area contributed by atoms with Crippen molar-refractivity contribution in [1.29, 1.82) is 0 Å². The summed E-state index contributed by atoms with van der Waals surface area (Å²) in [6.45, 7) is 4.84. The maximum atomic E-state index is 12.3. The van der Waals surface area contributed by atoms with Crippen LogP contribution < -0.4 is 24.2 Å². The highest BCUT2D eigenvalue weighted by Crippen LogP contribution is 2.33. The van der Waals surface area contributed by atoms with Gasteiger partial charge in [-0.05, 0) is 44.2 Å². The van der Waals surface area contributed by atoms with Gasteiger partial charge in [0.2, 0.25) is 15.9 Å². The van der Waals surface area contributed by atoms with Gasteiger partial charge in [-0.25, -0.2) is 8.42 Å². The summed E-state index contributed by atoms with van der Waals surface area (Å²) in [4.78, 5) is 12.1. The zero-order chi connectivity index (χ0) is 20.9. The Bertz CT molecular complexity index is 957. The van der Waals surface area contributed by atoms with Gasteiger partial charge in [-0.1, -0.05) is 12.1 Å². The van der Waals surface area contributed by atoms with Gasteiger partial charge in [0.1, 0.15) is 24.7 Å². The first-order chi connectivity index (χ1) is 13.8. The second-order valence-corrected chi connectivity index (χ2v) is 8.49. The lowest BCUT2D eigenvalue weighted by Crippen LogP contribution is -2.32. The maximum Gasteiger partial charge on any atom is 0.241 e. The standard InChI is InChI=1S/C20H24N2O6S/c1-14(2)28-17-8-6-16(7-9-17)22-29(24,25)13-19(23)21-12-15-4-3-5-18-20(15)27-11-10-26-18/h3-9,14,22H,10-13H2,1-2H3,(H,21,23). The number of carbonyl (C=O) groups is 1. The molecule has 1 aliphatic rings. The number of rotatable bonds is 8. The number of nitrogens with one attached hydrogen (secondary N) is 2. The number of sulfonamides is 1. The van der Waals surface area contributed by atoms with Gasteiger partial charge in [-0.2, -0.15) is 0 Å². The minimum absolute atomic E-state index is 0.0217. The van der Waals surface area contributed by atoms with Crippen molar-refractivity contribution in [3.63, 3.8) is 0 Å². The summed E-state index contributed by atoms with van der Waals surface area (Å²) in [5, 5.41) is 2.61. The molecule has 1 amide bonds. The van der Waals surface area contributed by atoms with E-state index in [0.29, 0.717) is 36.1 Å². The first kappa shape index (κ1) is 20.8. The van der Waals surface area contributed by atoms with Gasteiger partial charge >= 0.3 is 0 Å². The Kier molecular flexibility index (Phi) is 6.48. The number of hydrogen-bond donors (Lipinski definition) is 2. The second kappa shape index (κ2) is 9.04. The van der Waals surface area contributed by atoms with E-state index in [1.165, 1.54) is 0 Å². The van der Waals surface area contributed by atoms with Crippen LogP contribution in [0.15, 0.2) is 42.5 Å². The number of fused-ring (bicyclic) bond motifs is 1. The Balaban J connectivity index is 1.54. The van der Waals surface area contributed by atoms with Crippen molar-refractivity contribution in [2.75, 3.05) is 23.7 Å². The van der Waals surface area contributed by atoms with Crippen molar-refractivity contribution in [2.24, 2.45) is 0 Å². The largest absolute Gasteiger partial charge is 0.491 e. The van der Waals surface area contributed by atoms with Crippen LogP contribution in [0.5, 0.6) is 17.2 Å². The average Bonchev–Trinajstić information content (AvgIpc) is 2.67. The molecule has 8 nitrogen and oxygen atoms in total. The second-order valence-electron chi connectivity index (χ2n) is 6.77. The molecular formula is C20H24N2O6S. The number of para-hydroxylation sites is 1. The van der Waals surface area contributed by atoms with E-state index in [1.807, 2.05) is 13.8 Å². The third-order valence-corrected chi connectivity index (χ3v) is 5.13. The molecule has 0 saturated heterocycles. The number of anilines is 1. The Morgan fingerprint density at radius 1 is 1.10 bits per heavy atom. The Morgan fingerprint density at radius 2 is 1.83 bits per heavy atom. The molecule has 2 aromatic rings. The van der Waals surface area contributed by atoms with Gasteiger partial charge in [-0.3, -0.25) is 9.52 Å². The molecule has 9 heteroatoms. The molecule has 1 heterocycles. The lowest BCUT2D eigenvalue weighted by Gasteiger charge is -2.21. The molecule has 0 spiro atoms. The summed E-state index contributed by atoms with van der Waals surface area (Å²) in [5.41, 5.74) is 1.08. The van der Waals surface area contributed by atoms with Crippen LogP contribution >= 0.6 is 0 Å². The average molecular weight is 420 g/mol. The molecule has 3 rings (SSSR count). The van der Waals surface area contributed by atoms with Crippen LogP contribution in [0.3, 0.4) is 0 Å². The van der Waals surface area contributed by atoms with Crippen LogP contribution in [0.1, 0.15) is 19.4 Å². The molecule has 0 aliphatic carbocycles. The fourth-order valence-corrected chi connectivity index (χ4v) is 3.79. The molecule has 2 N–H and O–H groups in total. The third-order valence-electron chi connectivity index (χ3n) is 3.94. The van der Waals surface area contributed by atoms with Crippen molar-refractivity contribution in [3.8, 4) is 17.2 Å². The number of carbonyl (C=O) groups excluding carboxylic acids is 1. The smallest absolute Gasteiger partial charge is 0.241 e. The van der Waals surface area contributed by atoms with E-state index in [0.717, 1.165) is 5.56 Å². The van der Waals surface area contributed by atoms with Gasteiger partial charge in [0, 0.05) is 17.8 Å². The predicted octanol–water partition coefficient (Wildman–Crippen LogP) is 2.30. The lowest BCUT2D eigenvalue weighted by atomic mass is 10.1. The van der Waals surface area contributed by atoms with E-state index < -0.39 is 21.7 Å². The Hall–Kier alpha value is -2.94. The summed E-state index contributed by atoms with van der Waals surface area (Å²) in [6.07, 6.45) is 0.0217. The summed E-state index contributed by atoms with van der Waals surface area (Å²) < 4.78 is 43.5. The summed E-state index contributed by atoms with van der Waals surface area (Å²) in [7, 11) is -3.85. The maximum absolute atomic E-state index is 12.3. The van der Waals surface area contributed by atoms with Crippen LogP contribution in [0, 0.1) is 0 Å². The van der Waals surface area contributed by atoms with Crippen LogP contribution in [0.25, 0.3) is 0 Å². The van der Waals surface area contributed by atoms with Crippen molar-refractivity contribution in [1.82, 2.24) is 5.32 Å². The highest BCUT2D eigenvalue weighted by Gasteiger charge is 2.19. The number of ether oxygens (including phenoxy) is 3. The number of amides is 1. The summed E-state index contributed by atoms with van der Waals surface area (Å²) in [5.74, 6) is 0.513. The van der Waals surface area contributed by atoms with Crippen molar-refractivity contribution in [2.45, 2.75) is 26.5 Å². The normalized spacial score (nSPS) is 13.1. The molecule has 0 unspecified atom stereocenters. The molecule has 0 fully saturated rings. The zero-order valence-corrected chi connectivity index (χ0v) is 17.1. The van der Waals surface area contributed by atoms with Crippen molar-refractivity contribution in [3.05, 3.63) is 48.0 Å². The van der Waals surface area contributed by atoms with Crippen LogP contribution in [-0.4, -0.2) is 39.4 Å². The first-order valence-electron chi connectivity index (χ1n) is 9.24. The number of hydrogen-bond acceptors (Lipinski definition) is 6. The Labute approximate surface area is 170 Å². The highest BCUT2D eigenvalue weighted by molar-refractivity contribution is 7.93. The molecule has 29 heavy (non-hydrogen) atoms. The predicted molar refractivity (Wildman–Crippen MR) is 109 cm³/mol. The van der Waals surface area contributed by atoms with Gasteiger partial charge in [0.15, 0.2) is 11.5 Å². The minimum atomic E-state index is -3.85. The van der Waals surface area contributed by atoms with Gasteiger partial charge < -0.3 is 19.5 Å². The van der Waals surface area contributed by atoms with Gasteiger partial charge in [0.25, 0.3) is 0 Å². The van der Waals surface area contributed by atoms with Gasteiger partial charge in [-0.15, -0.1) is 0 Å². The van der Waals surface area contributed by atoms with Crippen LogP contribution in [0.2, 0.25) is 0 Å². The van der Waals surface area contributed by atoms with Crippen LogP contribution in [-0.2, 0) is 21.4 Å². The Morgan fingerprint density at radius 3 is 2.55 bits per heavy atom. The SMILES string of the molecule is CC(C)Oc1ccc(NS(=O)(=O)CC(=O)NCc2cccc3c2OCCO3)cc1. The lowest BCUT2D eigenvalue weighted by molar-refractivity contribution is -0.118. The molecule has 0 saturated carbocycles. The molecule has 0 atom stereocenters. The number of benzene rings is 2. The monoisotopic (exact) mass is 420 g/mol. The summed E-state index contributed by atoms with van der Waals surface area (Å²) >= 11 is 0. The molecule has 1 aliphatic heterocycles. The van der Waals surface area contributed by atoms with Gasteiger partial charge in [0.05, 0.1) is 6.10 Å². The van der Waals surface area contributed by atoms with Crippen molar-refractivity contribution < 1.29 is 27.4 Å². The van der Waals surface area contributed by atoms with Crippen molar-refractivity contribution >= 4 is 21.6 Å². The summed E-state index contributed by atoms with van der Waals surface area (Å²) in [6, 6.07) is 11.9. The van der Waals surface area contributed by atoms with E-state index in [4.69, 9.17) is 14.2 Å². The van der Waals surface area contributed by atoms with E-state index >= 15 is 0 Å². The van der Waals surface area contributed by atoms with Crippen LogP contribution in [0.4, 0.5) is 5.69 Å². The quantitative estimate of drug-likeness (QED) is 0.679. The fourth-order valence-electron chi connectivity index (χ4n) is 2.78. The van der Waals surface area contributed by atoms with E-state index in [2.05, 4.69) is 10.0 Å². The third kappa shape index (κ3) is 6.02. The molecule has 0 aromatic heterocycles. The topological polar surface area (TPSA) is 103 Å². The van der Waals surface area contributed by atoms with E-state index in [9.17, 15) is 13.2 Å². The molecule has 156 valence electrons. The molecule has 0 radical (unpaired) electrons. The van der Waals surface area contributed by atoms with E-state index in [-0.39, 0.29) is 12.6 Å². The fraction of sp³-hybridized carbons (Fsp3) is 0.350. The molecule has 2 aromatic carbocycles. The van der Waals surface area contributed by atoms with E-state index in [1.54, 1.807) is 42.5 Å². The zero-order valence-electron chi connectivity index (χ0n) is 16.3. The molecule has 0 bridgehead atoms. The highest BCUT2D eigenvalue weighted by atomic mass is 32.2.